The third kappa shape index (κ3) is 7.84. The van der Waals surface area contributed by atoms with Crippen LogP contribution in [0.5, 0.6) is 0 Å². The molecule has 3 aromatic heterocycles. The maximum Gasteiger partial charge on any atom is 0.131 e. The largest absolute Gasteiger partial charge is 0.374 e. The maximum atomic E-state index is 6.52. The molecule has 0 aromatic carbocycles. The van der Waals surface area contributed by atoms with Gasteiger partial charge in [0.2, 0.25) is 0 Å². The van der Waals surface area contributed by atoms with Crippen molar-refractivity contribution in [2.75, 3.05) is 26.4 Å². The Labute approximate surface area is 286 Å². The highest BCUT2D eigenvalue weighted by Gasteiger charge is 2.26. The lowest BCUT2D eigenvalue weighted by molar-refractivity contribution is 0.0197. The molecule has 0 radical (unpaired) electrons. The minimum atomic E-state index is -0.257. The van der Waals surface area contributed by atoms with Crippen LogP contribution in [-0.2, 0) is 18.9 Å². The van der Waals surface area contributed by atoms with Gasteiger partial charge in [0.1, 0.15) is 12.5 Å². The van der Waals surface area contributed by atoms with Crippen molar-refractivity contribution in [1.82, 2.24) is 19.1 Å². The van der Waals surface area contributed by atoms with Crippen LogP contribution in [0.4, 0.5) is 0 Å². The molecule has 8 nitrogen and oxygen atoms in total. The molecule has 4 atom stereocenters. The van der Waals surface area contributed by atoms with Crippen molar-refractivity contribution in [3.05, 3.63) is 70.3 Å². The Morgan fingerprint density at radius 3 is 1.27 bits per heavy atom. The van der Waals surface area contributed by atoms with Crippen LogP contribution in [0, 0.1) is 0 Å². The molecule has 0 amide bonds. The molecule has 5 heterocycles. The third-order valence-corrected chi connectivity index (χ3v) is 8.72. The zero-order chi connectivity index (χ0) is 34.2. The van der Waals surface area contributed by atoms with E-state index in [2.05, 4.69) is 101 Å². The Morgan fingerprint density at radius 1 is 0.521 bits per heavy atom. The van der Waals surface area contributed by atoms with Gasteiger partial charge >= 0.3 is 0 Å². The molecule has 2 aliphatic heterocycles. The Kier molecular flexibility index (Phi) is 12.4. The molecule has 8 heteroatoms. The summed E-state index contributed by atoms with van der Waals surface area (Å²) in [6.45, 7) is 19.8. The molecular weight excluding hydrogens is 600 g/mol. The fourth-order valence-electron chi connectivity index (χ4n) is 6.36. The molecule has 0 saturated carbocycles. The number of rotatable bonds is 16. The van der Waals surface area contributed by atoms with Crippen LogP contribution in [0.1, 0.15) is 140 Å². The lowest BCUT2D eigenvalue weighted by Gasteiger charge is -2.23. The van der Waals surface area contributed by atoms with Gasteiger partial charge in [0, 0.05) is 48.6 Å². The summed E-state index contributed by atoms with van der Waals surface area (Å²) in [7, 11) is 0. The molecule has 0 fully saturated rings. The van der Waals surface area contributed by atoms with E-state index in [1.54, 1.807) is 0 Å². The first-order chi connectivity index (χ1) is 23.3. The van der Waals surface area contributed by atoms with Crippen LogP contribution in [-0.4, -0.2) is 45.5 Å². The second-order valence-electron chi connectivity index (χ2n) is 12.6. The molecule has 5 rings (SSSR count). The summed E-state index contributed by atoms with van der Waals surface area (Å²) in [5.41, 5.74) is 9.78. The molecule has 0 saturated heterocycles. The summed E-state index contributed by atoms with van der Waals surface area (Å²) in [6.07, 6.45) is 11.0. The first kappa shape index (κ1) is 35.7. The predicted molar refractivity (Wildman–Crippen MR) is 197 cm³/mol. The average molecular weight is 655 g/mol. The van der Waals surface area contributed by atoms with E-state index in [4.69, 9.17) is 28.9 Å². The van der Waals surface area contributed by atoms with Gasteiger partial charge in [-0.1, -0.05) is 27.7 Å². The van der Waals surface area contributed by atoms with Gasteiger partial charge in [-0.2, -0.15) is 0 Å². The average Bonchev–Trinajstić information content (AvgIpc) is 3.89. The van der Waals surface area contributed by atoms with Gasteiger partial charge in [-0.3, -0.25) is 0 Å². The monoisotopic (exact) mass is 654 g/mol. The smallest absolute Gasteiger partial charge is 0.131 e. The van der Waals surface area contributed by atoms with E-state index in [0.717, 1.165) is 81.7 Å². The van der Waals surface area contributed by atoms with Crippen LogP contribution in [0.25, 0.3) is 46.4 Å². The standard InChI is InChI=1S/C40H54N4O4/c1-9-21-45-27(5)35-25-33-17-13-31-15-19-37(41-31)38-20-16-32(42-38)14-18-34-26-36(28(6)46-22-10-2)40(44(34)30(8)48-24-12-4)39(35)43(33)29(7)47-23-11-3/h13-20,25-30H,9-12,21-24H2,1-8H3. The lowest BCUT2D eigenvalue weighted by Crippen LogP contribution is -2.14. The highest BCUT2D eigenvalue weighted by Crippen LogP contribution is 2.39. The highest BCUT2D eigenvalue weighted by atomic mass is 16.5. The number of fused-ring (bicyclic) bond motifs is 10. The van der Waals surface area contributed by atoms with Crippen LogP contribution < -0.4 is 0 Å². The Balaban J connectivity index is 2.01. The van der Waals surface area contributed by atoms with Gasteiger partial charge in [-0.25, -0.2) is 9.97 Å². The Bertz CT molecular complexity index is 1640. The van der Waals surface area contributed by atoms with Gasteiger partial charge in [-0.05, 0) is 114 Å². The Hall–Kier alpha value is -3.56. The van der Waals surface area contributed by atoms with Gasteiger partial charge in [0.05, 0.1) is 46.0 Å². The fourth-order valence-corrected chi connectivity index (χ4v) is 6.36. The molecule has 48 heavy (non-hydrogen) atoms. The van der Waals surface area contributed by atoms with E-state index in [1.807, 2.05) is 24.3 Å². The van der Waals surface area contributed by atoms with Crippen molar-refractivity contribution < 1.29 is 18.9 Å². The molecule has 258 valence electrons. The highest BCUT2D eigenvalue weighted by molar-refractivity contribution is 5.90. The van der Waals surface area contributed by atoms with E-state index in [-0.39, 0.29) is 24.7 Å². The topological polar surface area (TPSA) is 72.6 Å². The SMILES string of the molecule is CCCOC(C)c1cc2ccc3nc(c4nc(ccc5cc(C(C)OCCC)c(c1n2C(C)OCCC)n5C(C)OCCC)C=C4)C=C3. The minimum absolute atomic E-state index is 0.169. The zero-order valence-electron chi connectivity index (χ0n) is 30.2. The molecule has 0 aliphatic carbocycles. The lowest BCUT2D eigenvalue weighted by atomic mass is 10.1. The van der Waals surface area contributed by atoms with Crippen LogP contribution in [0.3, 0.4) is 0 Å². The van der Waals surface area contributed by atoms with Crippen molar-refractivity contribution in [2.24, 2.45) is 0 Å². The summed E-state index contributed by atoms with van der Waals surface area (Å²) in [5, 5.41) is 0. The van der Waals surface area contributed by atoms with Crippen molar-refractivity contribution in [3.63, 3.8) is 0 Å². The second-order valence-corrected chi connectivity index (χ2v) is 12.6. The molecule has 2 aliphatic rings. The molecule has 8 bridgehead atoms. The van der Waals surface area contributed by atoms with Crippen molar-refractivity contribution in [2.45, 2.75) is 106 Å². The summed E-state index contributed by atoms with van der Waals surface area (Å²) < 4.78 is 30.6. The van der Waals surface area contributed by atoms with Crippen LogP contribution in [0.15, 0.2) is 36.4 Å². The van der Waals surface area contributed by atoms with Crippen molar-refractivity contribution in [3.8, 4) is 0 Å². The van der Waals surface area contributed by atoms with Crippen LogP contribution >= 0.6 is 0 Å². The zero-order valence-corrected chi connectivity index (χ0v) is 30.2. The maximum absolute atomic E-state index is 6.52. The first-order valence-corrected chi connectivity index (χ1v) is 17.9. The van der Waals surface area contributed by atoms with Crippen molar-refractivity contribution in [1.29, 1.82) is 0 Å². The van der Waals surface area contributed by atoms with E-state index in [9.17, 15) is 0 Å². The van der Waals surface area contributed by atoms with Crippen LogP contribution in [0.2, 0.25) is 0 Å². The number of aromatic nitrogens is 4. The van der Waals surface area contributed by atoms with Crippen molar-refractivity contribution >= 4 is 46.4 Å². The van der Waals surface area contributed by atoms with Gasteiger partial charge in [-0.15, -0.1) is 0 Å². The molecular formula is C40H54N4O4. The normalized spacial score (nSPS) is 15.2. The number of hydrogen-bond acceptors (Lipinski definition) is 6. The summed E-state index contributed by atoms with van der Waals surface area (Å²) >= 11 is 0. The van der Waals surface area contributed by atoms with E-state index in [1.165, 1.54) is 0 Å². The molecule has 3 aromatic rings. The van der Waals surface area contributed by atoms with E-state index >= 15 is 0 Å². The van der Waals surface area contributed by atoms with E-state index < -0.39 is 0 Å². The predicted octanol–water partition coefficient (Wildman–Crippen LogP) is 10.5. The summed E-state index contributed by atoms with van der Waals surface area (Å²) in [5.74, 6) is 0. The summed E-state index contributed by atoms with van der Waals surface area (Å²) in [4.78, 5) is 9.80. The third-order valence-electron chi connectivity index (χ3n) is 8.72. The van der Waals surface area contributed by atoms with Gasteiger partial charge < -0.3 is 28.1 Å². The number of ether oxygens (including phenoxy) is 4. The molecule has 0 N–H and O–H groups in total. The first-order valence-electron chi connectivity index (χ1n) is 17.9. The quantitative estimate of drug-likeness (QED) is 0.105. The molecule has 0 spiro atoms. The second kappa shape index (κ2) is 16.7. The van der Waals surface area contributed by atoms with Gasteiger partial charge in [0.25, 0.3) is 0 Å². The molecule has 4 unspecified atom stereocenters. The number of hydrogen-bond donors (Lipinski definition) is 0. The summed E-state index contributed by atoms with van der Waals surface area (Å²) in [6, 6.07) is 13.0. The fraction of sp³-hybridized carbons (Fsp3) is 0.500. The number of nitrogens with zero attached hydrogens (tertiary/aromatic N) is 4. The van der Waals surface area contributed by atoms with E-state index in [0.29, 0.717) is 26.4 Å². The minimum Gasteiger partial charge on any atom is -0.374 e. The Morgan fingerprint density at radius 2 is 0.896 bits per heavy atom. The van der Waals surface area contributed by atoms with Gasteiger partial charge in [0.15, 0.2) is 0 Å².